The second-order valence-electron chi connectivity index (χ2n) is 14.5. The van der Waals surface area contributed by atoms with Crippen LogP contribution in [0.25, 0.3) is 0 Å². The fraction of sp³-hybridized carbons (Fsp3) is 0.721. The van der Waals surface area contributed by atoms with E-state index in [0.717, 1.165) is 57.8 Å². The van der Waals surface area contributed by atoms with Crippen molar-refractivity contribution in [1.82, 2.24) is 0 Å². The molecule has 0 aliphatic heterocycles. The lowest BCUT2D eigenvalue weighted by atomic mass is 9.85. The highest BCUT2D eigenvalue weighted by Gasteiger charge is 2.51. The third kappa shape index (κ3) is 26.3. The Balaban J connectivity index is 2.54. The summed E-state index contributed by atoms with van der Waals surface area (Å²) in [4.78, 5) is 35.5. The van der Waals surface area contributed by atoms with E-state index in [1.165, 1.54) is 38.5 Å². The Bertz CT molecular complexity index is 1230. The van der Waals surface area contributed by atoms with Gasteiger partial charge >= 0.3 is 19.8 Å². The lowest BCUT2D eigenvalue weighted by molar-refractivity contribution is -0.220. The highest BCUT2D eigenvalue weighted by molar-refractivity contribution is 7.47. The summed E-state index contributed by atoms with van der Waals surface area (Å²) in [6, 6.07) is 0. The Morgan fingerprint density at radius 1 is 0.561 bits per heavy atom. The molecule has 1 fully saturated rings. The van der Waals surface area contributed by atoms with E-state index < -0.39 is 75.7 Å². The molecule has 0 saturated heterocycles. The molecule has 1 rings (SSSR count). The smallest absolute Gasteiger partial charge is 0.462 e. The van der Waals surface area contributed by atoms with Gasteiger partial charge in [-0.3, -0.25) is 18.6 Å². The van der Waals surface area contributed by atoms with Crippen LogP contribution < -0.4 is 0 Å². The number of carbonyl (C=O) groups is 2. The number of phosphoric acid groups is 1. The van der Waals surface area contributed by atoms with Gasteiger partial charge in [-0.1, -0.05) is 139 Å². The van der Waals surface area contributed by atoms with Gasteiger partial charge in [0.15, 0.2) is 6.10 Å². The average molecular weight is 829 g/mol. The summed E-state index contributed by atoms with van der Waals surface area (Å²) in [6.45, 7) is 3.10. The summed E-state index contributed by atoms with van der Waals surface area (Å²) in [6.07, 6.45) is 25.8. The standard InChI is InChI=1S/C43H73O13P/c1-3-5-7-9-11-13-15-16-17-18-19-20-22-23-25-27-29-31-36(44)53-33-35(55-37(45)32-30-28-26-24-21-14-12-10-8-6-4-2)34-54-57(51,52)56-43-41(49)39(47)38(46)40(48)42(43)50/h5,7,11,13,16-17,19-20,23,25,35,38-43,46-50H,3-4,6,8-10,12,14-15,18,21-22,24,26-34H2,1-2H3,(H,51,52)/b7-5+,13-11+,17-16+,20-19+,25-23+/t35-,38?,39-,40?,41?,42?,43?/m0/s1. The lowest BCUT2D eigenvalue weighted by Crippen LogP contribution is -2.64. The molecule has 14 heteroatoms. The molecular formula is C43H73O13P. The zero-order chi connectivity index (χ0) is 42.2. The first kappa shape index (κ1) is 52.6. The van der Waals surface area contributed by atoms with Crippen molar-refractivity contribution < 1.29 is 63.1 Å². The number of aliphatic hydroxyl groups is 5. The topological polar surface area (TPSA) is 210 Å². The van der Waals surface area contributed by atoms with E-state index in [1.54, 1.807) is 0 Å². The molecule has 0 radical (unpaired) electrons. The number of phosphoric ester groups is 1. The molecule has 8 atom stereocenters. The lowest BCUT2D eigenvalue weighted by Gasteiger charge is -2.41. The minimum absolute atomic E-state index is 0.0839. The maximum atomic E-state index is 12.8. The number of aliphatic hydroxyl groups excluding tert-OH is 5. The Kier molecular flexibility index (Phi) is 30.8. The molecule has 0 aromatic heterocycles. The molecule has 1 aliphatic carbocycles. The maximum absolute atomic E-state index is 12.8. The first-order valence-corrected chi connectivity index (χ1v) is 22.6. The van der Waals surface area contributed by atoms with Gasteiger partial charge in [-0.25, -0.2) is 4.57 Å². The van der Waals surface area contributed by atoms with E-state index in [9.17, 15) is 44.6 Å². The molecular weight excluding hydrogens is 755 g/mol. The first-order valence-electron chi connectivity index (χ1n) is 21.1. The van der Waals surface area contributed by atoms with Crippen LogP contribution >= 0.6 is 7.82 Å². The normalized spacial score (nSPS) is 23.3. The quantitative estimate of drug-likeness (QED) is 0.0165. The molecule has 0 heterocycles. The van der Waals surface area contributed by atoms with Crippen LogP contribution in [0.15, 0.2) is 60.8 Å². The van der Waals surface area contributed by atoms with Crippen LogP contribution in [0.4, 0.5) is 0 Å². The number of hydrogen-bond donors (Lipinski definition) is 6. The summed E-state index contributed by atoms with van der Waals surface area (Å²) in [5.41, 5.74) is 0. The fourth-order valence-corrected chi connectivity index (χ4v) is 6.94. The molecule has 13 nitrogen and oxygen atoms in total. The van der Waals surface area contributed by atoms with Crippen LogP contribution in [-0.4, -0.2) is 98.3 Å². The van der Waals surface area contributed by atoms with Gasteiger partial charge in [-0.15, -0.1) is 0 Å². The minimum Gasteiger partial charge on any atom is -0.462 e. The molecule has 0 bridgehead atoms. The summed E-state index contributed by atoms with van der Waals surface area (Å²) < 4.78 is 33.3. The Labute approximate surface area is 341 Å². The van der Waals surface area contributed by atoms with Gasteiger partial charge in [0.2, 0.25) is 0 Å². The summed E-state index contributed by atoms with van der Waals surface area (Å²) in [5, 5.41) is 50.0. The maximum Gasteiger partial charge on any atom is 0.472 e. The highest BCUT2D eigenvalue weighted by atomic mass is 31.2. The van der Waals surface area contributed by atoms with Crippen LogP contribution in [0.5, 0.6) is 0 Å². The minimum atomic E-state index is -5.13. The zero-order valence-electron chi connectivity index (χ0n) is 34.4. The average Bonchev–Trinajstić information content (AvgIpc) is 3.19. The number of allylic oxidation sites excluding steroid dienone is 10. The fourth-order valence-electron chi connectivity index (χ4n) is 5.97. The van der Waals surface area contributed by atoms with Crippen molar-refractivity contribution in [3.05, 3.63) is 60.8 Å². The first-order chi connectivity index (χ1) is 27.4. The van der Waals surface area contributed by atoms with Crippen molar-refractivity contribution in [3.8, 4) is 0 Å². The summed E-state index contributed by atoms with van der Waals surface area (Å²) in [5.74, 6) is -1.17. The van der Waals surface area contributed by atoms with Gasteiger partial charge in [0.25, 0.3) is 0 Å². The Hall–Kier alpha value is -2.45. The van der Waals surface area contributed by atoms with E-state index in [4.69, 9.17) is 18.5 Å². The van der Waals surface area contributed by atoms with Crippen molar-refractivity contribution in [3.63, 3.8) is 0 Å². The number of esters is 2. The molecule has 0 spiro atoms. The molecule has 6 unspecified atom stereocenters. The van der Waals surface area contributed by atoms with Gasteiger partial charge in [0, 0.05) is 12.8 Å². The van der Waals surface area contributed by atoms with Gasteiger partial charge in [0.05, 0.1) is 6.61 Å². The third-order valence-corrected chi connectivity index (χ3v) is 10.4. The van der Waals surface area contributed by atoms with Crippen molar-refractivity contribution >= 4 is 19.8 Å². The van der Waals surface area contributed by atoms with E-state index >= 15 is 0 Å². The van der Waals surface area contributed by atoms with Crippen LogP contribution in [-0.2, 0) is 32.7 Å². The number of ether oxygens (including phenoxy) is 2. The van der Waals surface area contributed by atoms with E-state index in [2.05, 4.69) is 62.5 Å². The molecule has 328 valence electrons. The monoisotopic (exact) mass is 828 g/mol. The summed E-state index contributed by atoms with van der Waals surface area (Å²) in [7, 11) is -5.13. The third-order valence-electron chi connectivity index (χ3n) is 9.37. The van der Waals surface area contributed by atoms with Crippen LogP contribution in [0, 0.1) is 0 Å². The summed E-state index contributed by atoms with van der Waals surface area (Å²) >= 11 is 0. The number of hydrogen-bond acceptors (Lipinski definition) is 12. The van der Waals surface area contributed by atoms with Gasteiger partial charge in [0.1, 0.15) is 43.2 Å². The van der Waals surface area contributed by atoms with E-state index in [0.29, 0.717) is 19.3 Å². The predicted octanol–water partition coefficient (Wildman–Crippen LogP) is 7.38. The van der Waals surface area contributed by atoms with E-state index in [1.807, 2.05) is 12.2 Å². The molecule has 0 aromatic rings. The predicted molar refractivity (Wildman–Crippen MR) is 221 cm³/mol. The number of carbonyl (C=O) groups excluding carboxylic acids is 2. The van der Waals surface area contributed by atoms with Gasteiger partial charge < -0.3 is 39.9 Å². The Morgan fingerprint density at radius 2 is 1.00 bits per heavy atom. The SMILES string of the molecule is CC/C=C/C/C=C/C/C=C/C/C=C/C/C=C/CCCC(=O)OC[C@@H](COP(=O)(O)OC1C(O)C(O)C(O)[C@H](O)C1O)OC(=O)CCCCCCCCCCCCC. The number of unbranched alkanes of at least 4 members (excludes halogenated alkanes) is 11. The highest BCUT2D eigenvalue weighted by Crippen LogP contribution is 2.47. The van der Waals surface area contributed by atoms with Crippen molar-refractivity contribution in [2.24, 2.45) is 0 Å². The largest absolute Gasteiger partial charge is 0.472 e. The van der Waals surface area contributed by atoms with Crippen LogP contribution in [0.2, 0.25) is 0 Å². The van der Waals surface area contributed by atoms with Crippen molar-refractivity contribution in [2.75, 3.05) is 13.2 Å². The van der Waals surface area contributed by atoms with Crippen molar-refractivity contribution in [2.45, 2.75) is 185 Å². The molecule has 0 aromatic carbocycles. The zero-order valence-corrected chi connectivity index (χ0v) is 35.3. The van der Waals surface area contributed by atoms with Crippen LogP contribution in [0.1, 0.15) is 142 Å². The van der Waals surface area contributed by atoms with Crippen LogP contribution in [0.3, 0.4) is 0 Å². The molecule has 0 amide bonds. The van der Waals surface area contributed by atoms with Gasteiger partial charge in [-0.05, 0) is 51.4 Å². The Morgan fingerprint density at radius 3 is 1.51 bits per heavy atom. The molecule has 1 aliphatic rings. The second kappa shape index (κ2) is 33.4. The second-order valence-corrected chi connectivity index (χ2v) is 15.9. The molecule has 6 N–H and O–H groups in total. The molecule has 1 saturated carbocycles. The van der Waals surface area contributed by atoms with E-state index in [-0.39, 0.29) is 12.8 Å². The van der Waals surface area contributed by atoms with Gasteiger partial charge in [-0.2, -0.15) is 0 Å². The molecule has 57 heavy (non-hydrogen) atoms. The van der Waals surface area contributed by atoms with Crippen molar-refractivity contribution in [1.29, 1.82) is 0 Å². The number of rotatable bonds is 33.